The van der Waals surface area contributed by atoms with E-state index in [2.05, 4.69) is 17.6 Å². The second-order valence-electron chi connectivity index (χ2n) is 15.1. The monoisotopic (exact) mass is 695 g/mol. The predicted molar refractivity (Wildman–Crippen MR) is 196 cm³/mol. The molecule has 0 saturated heterocycles. The van der Waals surface area contributed by atoms with Gasteiger partial charge < -0.3 is 30.1 Å². The third-order valence-electron chi connectivity index (χ3n) is 8.27. The lowest BCUT2D eigenvalue weighted by Crippen LogP contribution is -2.56. The number of esters is 1. The van der Waals surface area contributed by atoms with Crippen molar-refractivity contribution in [1.82, 2.24) is 15.5 Å². The number of phenolic OH excluding ortho intramolecular Hbond substituents is 1. The molecule has 4 unspecified atom stereocenters. The van der Waals surface area contributed by atoms with Gasteiger partial charge in [0.05, 0.1) is 0 Å². The number of carbonyl (C=O) groups is 4. The molecule has 2 rings (SSSR count). The zero-order chi connectivity index (χ0) is 37.5. The molecule has 278 valence electrons. The van der Waals surface area contributed by atoms with Crippen LogP contribution in [0, 0.1) is 5.92 Å². The van der Waals surface area contributed by atoms with Crippen LogP contribution in [0.4, 0.5) is 4.79 Å². The number of rotatable bonds is 18. The summed E-state index contributed by atoms with van der Waals surface area (Å²) in [5, 5.41) is 16.8. The highest BCUT2D eigenvalue weighted by Crippen LogP contribution is 2.31. The SMILES string of the molecule is CCCCCCCCN(C(=O)C(NC(=O)OC(C)(C)C)C(C)CC)C(C(=O)NC(Cc1ccccc1)C(=O)OC(C)(C)C)c1ccccc1O. The minimum atomic E-state index is -1.33. The summed E-state index contributed by atoms with van der Waals surface area (Å²) in [6.45, 7) is 16.6. The molecule has 50 heavy (non-hydrogen) atoms. The van der Waals surface area contributed by atoms with Gasteiger partial charge in [0.2, 0.25) is 11.8 Å². The summed E-state index contributed by atoms with van der Waals surface area (Å²) < 4.78 is 11.2. The number of ether oxygens (including phenoxy) is 2. The van der Waals surface area contributed by atoms with Crippen LogP contribution in [-0.4, -0.2) is 63.7 Å². The van der Waals surface area contributed by atoms with E-state index in [1.807, 2.05) is 44.2 Å². The normalized spacial score (nSPS) is 14.1. The topological polar surface area (TPSA) is 134 Å². The molecule has 0 aliphatic rings. The fourth-order valence-corrected chi connectivity index (χ4v) is 5.56. The van der Waals surface area contributed by atoms with Gasteiger partial charge in [0.15, 0.2) is 0 Å². The fourth-order valence-electron chi connectivity index (χ4n) is 5.56. The standard InChI is InChI=1S/C40H61N3O7/c1-10-12-13-14-15-21-26-43(36(46)33(28(3)11-2)42-38(48)50-40(7,8)9)34(30-24-19-20-25-32(30)44)35(45)41-31(37(47)49-39(4,5)6)27-29-22-17-16-18-23-29/h16-20,22-25,28,31,33-34,44H,10-15,21,26-27H2,1-9H3,(H,41,45)(H,42,48). The van der Waals surface area contributed by atoms with Gasteiger partial charge >= 0.3 is 12.1 Å². The predicted octanol–water partition coefficient (Wildman–Crippen LogP) is 7.63. The largest absolute Gasteiger partial charge is 0.508 e. The smallest absolute Gasteiger partial charge is 0.408 e. The Morgan fingerprint density at radius 3 is 1.94 bits per heavy atom. The molecule has 10 heteroatoms. The van der Waals surface area contributed by atoms with Crippen molar-refractivity contribution < 1.29 is 33.8 Å². The van der Waals surface area contributed by atoms with Gasteiger partial charge in [-0.1, -0.05) is 108 Å². The first kappa shape index (κ1) is 42.1. The van der Waals surface area contributed by atoms with E-state index in [9.17, 15) is 24.3 Å². The van der Waals surface area contributed by atoms with Gasteiger partial charge in [-0.3, -0.25) is 9.59 Å². The molecule has 0 radical (unpaired) electrons. The van der Waals surface area contributed by atoms with Gasteiger partial charge in [-0.15, -0.1) is 0 Å². The van der Waals surface area contributed by atoms with Crippen molar-refractivity contribution in [3.63, 3.8) is 0 Å². The Labute approximate surface area is 299 Å². The summed E-state index contributed by atoms with van der Waals surface area (Å²) in [5.41, 5.74) is -0.600. The van der Waals surface area contributed by atoms with Crippen LogP contribution < -0.4 is 10.6 Å². The molecule has 3 N–H and O–H groups in total. The van der Waals surface area contributed by atoms with E-state index < -0.39 is 53.2 Å². The van der Waals surface area contributed by atoms with Crippen molar-refractivity contribution >= 4 is 23.9 Å². The summed E-state index contributed by atoms with van der Waals surface area (Å²) in [7, 11) is 0. The number of phenols is 1. The van der Waals surface area contributed by atoms with Crippen LogP contribution in [-0.2, 0) is 30.3 Å². The highest BCUT2D eigenvalue weighted by atomic mass is 16.6. The molecule has 10 nitrogen and oxygen atoms in total. The van der Waals surface area contributed by atoms with Crippen LogP contribution in [0.15, 0.2) is 54.6 Å². The molecule has 0 heterocycles. The van der Waals surface area contributed by atoms with E-state index in [1.54, 1.807) is 59.7 Å². The second kappa shape index (κ2) is 19.9. The highest BCUT2D eigenvalue weighted by Gasteiger charge is 2.40. The zero-order valence-corrected chi connectivity index (χ0v) is 31.7. The third-order valence-corrected chi connectivity index (χ3v) is 8.27. The molecule has 2 aromatic carbocycles. The van der Waals surface area contributed by atoms with E-state index in [-0.39, 0.29) is 30.2 Å². The van der Waals surface area contributed by atoms with Crippen LogP contribution in [0.25, 0.3) is 0 Å². The molecule has 0 bridgehead atoms. The van der Waals surface area contributed by atoms with Gasteiger partial charge in [-0.25, -0.2) is 9.59 Å². The number of nitrogens with one attached hydrogen (secondary N) is 2. The molecular weight excluding hydrogens is 634 g/mol. The van der Waals surface area contributed by atoms with E-state index in [0.29, 0.717) is 12.8 Å². The molecule has 2 aromatic rings. The quantitative estimate of drug-likeness (QED) is 0.108. The Morgan fingerprint density at radius 1 is 0.780 bits per heavy atom. The van der Waals surface area contributed by atoms with Crippen LogP contribution in [0.1, 0.15) is 124 Å². The summed E-state index contributed by atoms with van der Waals surface area (Å²) >= 11 is 0. The maximum atomic E-state index is 14.7. The molecule has 0 aliphatic carbocycles. The number of unbranched alkanes of at least 4 members (excludes halogenated alkanes) is 5. The Bertz CT molecular complexity index is 1370. The molecule has 0 aromatic heterocycles. The lowest BCUT2D eigenvalue weighted by Gasteiger charge is -2.37. The average molecular weight is 696 g/mol. The Hall–Kier alpha value is -4.08. The highest BCUT2D eigenvalue weighted by molar-refractivity contribution is 5.94. The first-order chi connectivity index (χ1) is 23.5. The number of hydrogen-bond acceptors (Lipinski definition) is 7. The molecular formula is C40H61N3O7. The molecule has 0 aliphatic heterocycles. The average Bonchev–Trinajstić information content (AvgIpc) is 3.03. The van der Waals surface area contributed by atoms with E-state index in [4.69, 9.17) is 9.47 Å². The third kappa shape index (κ3) is 14.4. The summed E-state index contributed by atoms with van der Waals surface area (Å²) in [4.78, 5) is 57.4. The van der Waals surface area contributed by atoms with Crippen molar-refractivity contribution in [2.45, 2.75) is 143 Å². The van der Waals surface area contributed by atoms with Crippen LogP contribution in [0.2, 0.25) is 0 Å². The van der Waals surface area contributed by atoms with E-state index >= 15 is 0 Å². The molecule has 0 spiro atoms. The molecule has 4 atom stereocenters. The van der Waals surface area contributed by atoms with Crippen LogP contribution >= 0.6 is 0 Å². The Morgan fingerprint density at radius 2 is 1.36 bits per heavy atom. The number of aromatic hydroxyl groups is 1. The molecule has 0 fully saturated rings. The number of alkyl carbamates (subject to hydrolysis) is 1. The lowest BCUT2D eigenvalue weighted by molar-refractivity contribution is -0.159. The maximum Gasteiger partial charge on any atom is 0.408 e. The van der Waals surface area contributed by atoms with Crippen molar-refractivity contribution in [1.29, 1.82) is 0 Å². The number of benzene rings is 2. The van der Waals surface area contributed by atoms with Gasteiger partial charge in [0, 0.05) is 18.5 Å². The van der Waals surface area contributed by atoms with Crippen molar-refractivity contribution in [3.05, 3.63) is 65.7 Å². The van der Waals surface area contributed by atoms with Gasteiger partial charge in [-0.2, -0.15) is 0 Å². The van der Waals surface area contributed by atoms with Crippen molar-refractivity contribution in [2.24, 2.45) is 5.92 Å². The summed E-state index contributed by atoms with van der Waals surface area (Å²) in [5.74, 6) is -2.26. The molecule has 3 amide bonds. The number of hydrogen-bond donors (Lipinski definition) is 3. The lowest BCUT2D eigenvalue weighted by atomic mass is 9.95. The Balaban J connectivity index is 2.65. The van der Waals surface area contributed by atoms with Crippen molar-refractivity contribution in [3.8, 4) is 5.75 Å². The van der Waals surface area contributed by atoms with Crippen LogP contribution in [0.5, 0.6) is 5.75 Å². The van der Waals surface area contributed by atoms with E-state index in [0.717, 1.165) is 37.7 Å². The van der Waals surface area contributed by atoms with Gasteiger partial charge in [-0.05, 0) is 65.5 Å². The second-order valence-corrected chi connectivity index (χ2v) is 15.1. The van der Waals surface area contributed by atoms with Crippen LogP contribution in [0.3, 0.4) is 0 Å². The van der Waals surface area contributed by atoms with Gasteiger partial charge in [0.1, 0.15) is 35.1 Å². The number of nitrogens with zero attached hydrogens (tertiary/aromatic N) is 1. The van der Waals surface area contributed by atoms with Gasteiger partial charge in [0.25, 0.3) is 0 Å². The molecule has 0 saturated carbocycles. The number of para-hydroxylation sites is 1. The minimum absolute atomic E-state index is 0.149. The summed E-state index contributed by atoms with van der Waals surface area (Å²) in [6.07, 6.45) is 5.59. The zero-order valence-electron chi connectivity index (χ0n) is 31.7. The first-order valence-corrected chi connectivity index (χ1v) is 18.1. The first-order valence-electron chi connectivity index (χ1n) is 18.1. The number of amides is 3. The van der Waals surface area contributed by atoms with E-state index in [1.165, 1.54) is 11.0 Å². The minimum Gasteiger partial charge on any atom is -0.508 e. The Kier molecular flexibility index (Phi) is 16.8. The number of carbonyl (C=O) groups excluding carboxylic acids is 4. The van der Waals surface area contributed by atoms with Crippen molar-refractivity contribution in [2.75, 3.05) is 6.54 Å². The summed E-state index contributed by atoms with van der Waals surface area (Å²) in [6, 6.07) is 12.2. The fraction of sp³-hybridized carbons (Fsp3) is 0.600. The maximum absolute atomic E-state index is 14.7.